The van der Waals surface area contributed by atoms with Crippen LogP contribution in [0.15, 0.2) is 50.5 Å². The number of hydrogen-bond acceptors (Lipinski definition) is 8. The Hall–Kier alpha value is -2.67. The smallest absolute Gasteiger partial charge is 0.252 e. The Labute approximate surface area is 201 Å². The van der Waals surface area contributed by atoms with Gasteiger partial charge in [-0.2, -0.15) is 9.29 Å². The Kier molecular flexibility index (Phi) is 7.71. The van der Waals surface area contributed by atoms with E-state index in [2.05, 4.69) is 10.1 Å². The number of piperidine rings is 1. The normalized spacial score (nSPS) is 16.8. The fourth-order valence-electron chi connectivity index (χ4n) is 3.73. The highest BCUT2D eigenvalue weighted by Gasteiger charge is 2.33. The summed E-state index contributed by atoms with van der Waals surface area (Å²) in [6, 6.07) is 8.77. The number of rotatable bonds is 9. The zero-order valence-electron chi connectivity index (χ0n) is 18.6. The SMILES string of the molecule is CN(CC(=O)N1CCCCC1c1noc(COCc2ccc(F)cc2)n1)S(=O)(=O)c1cccs1. The van der Waals surface area contributed by atoms with Gasteiger partial charge in [0.2, 0.25) is 5.91 Å². The summed E-state index contributed by atoms with van der Waals surface area (Å²) in [6.07, 6.45) is 2.36. The highest BCUT2D eigenvalue weighted by Crippen LogP contribution is 2.30. The third-order valence-electron chi connectivity index (χ3n) is 5.53. The third-order valence-corrected chi connectivity index (χ3v) is 8.71. The van der Waals surface area contributed by atoms with Gasteiger partial charge in [0.05, 0.1) is 19.2 Å². The lowest BCUT2D eigenvalue weighted by atomic mass is 10.0. The van der Waals surface area contributed by atoms with Gasteiger partial charge in [-0.15, -0.1) is 11.3 Å². The summed E-state index contributed by atoms with van der Waals surface area (Å²) >= 11 is 1.11. The Morgan fingerprint density at radius 2 is 2.06 bits per heavy atom. The summed E-state index contributed by atoms with van der Waals surface area (Å²) in [5.74, 6) is 0.0168. The average Bonchev–Trinajstić information content (AvgIpc) is 3.53. The van der Waals surface area contributed by atoms with Crippen molar-refractivity contribution in [2.45, 2.75) is 42.7 Å². The standard InChI is InChI=1S/C22H25FN4O5S2/c1-26(34(29,30)21-6-4-12-33-21)13-20(28)27-11-3-2-5-18(27)22-24-19(32-25-22)15-31-14-16-7-9-17(23)10-8-16/h4,6-10,12,18H,2-3,5,11,13-15H2,1H3. The zero-order valence-corrected chi connectivity index (χ0v) is 20.2. The van der Waals surface area contributed by atoms with Gasteiger partial charge in [0.1, 0.15) is 16.6 Å². The summed E-state index contributed by atoms with van der Waals surface area (Å²) < 4.78 is 50.5. The van der Waals surface area contributed by atoms with Crippen LogP contribution in [0.5, 0.6) is 0 Å². The van der Waals surface area contributed by atoms with Crippen molar-refractivity contribution in [1.29, 1.82) is 0 Å². The van der Waals surface area contributed by atoms with Crippen molar-refractivity contribution in [2.24, 2.45) is 0 Å². The van der Waals surface area contributed by atoms with Crippen LogP contribution in [0.4, 0.5) is 4.39 Å². The largest absolute Gasteiger partial charge is 0.367 e. The van der Waals surface area contributed by atoms with E-state index in [0.717, 1.165) is 34.0 Å². The van der Waals surface area contributed by atoms with Crippen LogP contribution in [-0.2, 0) is 32.8 Å². The monoisotopic (exact) mass is 508 g/mol. The van der Waals surface area contributed by atoms with Crippen molar-refractivity contribution >= 4 is 27.3 Å². The molecule has 1 fully saturated rings. The first-order valence-electron chi connectivity index (χ1n) is 10.8. The van der Waals surface area contributed by atoms with Crippen molar-refractivity contribution < 1.29 is 26.9 Å². The molecule has 4 rings (SSSR count). The van der Waals surface area contributed by atoms with Gasteiger partial charge in [0.15, 0.2) is 5.82 Å². The van der Waals surface area contributed by atoms with E-state index < -0.39 is 16.1 Å². The molecule has 1 atom stereocenters. The molecule has 1 aliphatic rings. The third kappa shape index (κ3) is 5.69. The maximum absolute atomic E-state index is 13.1. The van der Waals surface area contributed by atoms with E-state index in [0.29, 0.717) is 18.8 Å². The van der Waals surface area contributed by atoms with Crippen molar-refractivity contribution in [3.63, 3.8) is 0 Å². The lowest BCUT2D eigenvalue weighted by Gasteiger charge is -2.34. The van der Waals surface area contributed by atoms with Crippen molar-refractivity contribution in [2.75, 3.05) is 20.1 Å². The van der Waals surface area contributed by atoms with Crippen molar-refractivity contribution in [3.05, 3.63) is 64.9 Å². The average molecular weight is 509 g/mol. The number of thiophene rings is 1. The molecule has 3 aromatic rings. The number of carbonyl (C=O) groups excluding carboxylic acids is 1. The molecule has 12 heteroatoms. The van der Waals surface area contributed by atoms with E-state index in [9.17, 15) is 17.6 Å². The number of carbonyl (C=O) groups is 1. The molecule has 182 valence electrons. The Balaban J connectivity index is 1.37. The number of nitrogens with zero attached hydrogens (tertiary/aromatic N) is 4. The molecular weight excluding hydrogens is 483 g/mol. The van der Waals surface area contributed by atoms with Crippen LogP contribution in [0.2, 0.25) is 0 Å². The van der Waals surface area contributed by atoms with Gasteiger partial charge in [-0.25, -0.2) is 12.8 Å². The molecule has 0 N–H and O–H groups in total. The van der Waals surface area contributed by atoms with Gasteiger partial charge in [-0.05, 0) is 48.4 Å². The first kappa shape index (κ1) is 24.5. The first-order valence-corrected chi connectivity index (χ1v) is 13.1. The van der Waals surface area contributed by atoms with Gasteiger partial charge >= 0.3 is 0 Å². The summed E-state index contributed by atoms with van der Waals surface area (Å²) in [7, 11) is -2.33. The molecule has 0 aliphatic carbocycles. The van der Waals surface area contributed by atoms with Crippen LogP contribution >= 0.6 is 11.3 Å². The molecule has 0 spiro atoms. The quantitative estimate of drug-likeness (QED) is 0.436. The van der Waals surface area contributed by atoms with Gasteiger partial charge in [0, 0.05) is 13.6 Å². The fourth-order valence-corrected chi connectivity index (χ4v) is 6.05. The van der Waals surface area contributed by atoms with Crippen LogP contribution in [0, 0.1) is 5.82 Å². The van der Waals surface area contributed by atoms with Crippen molar-refractivity contribution in [1.82, 2.24) is 19.3 Å². The molecule has 1 unspecified atom stereocenters. The second-order valence-corrected chi connectivity index (χ2v) is 11.2. The van der Waals surface area contributed by atoms with Gasteiger partial charge < -0.3 is 14.2 Å². The van der Waals surface area contributed by atoms with Gasteiger partial charge in [0.25, 0.3) is 15.9 Å². The summed E-state index contributed by atoms with van der Waals surface area (Å²) in [5, 5.41) is 5.72. The second kappa shape index (κ2) is 10.7. The van der Waals surface area contributed by atoms with Crippen LogP contribution in [0.3, 0.4) is 0 Å². The summed E-state index contributed by atoms with van der Waals surface area (Å²) in [6.45, 7) is 0.549. The van der Waals surface area contributed by atoms with Crippen molar-refractivity contribution in [3.8, 4) is 0 Å². The molecule has 34 heavy (non-hydrogen) atoms. The van der Waals surface area contributed by atoms with E-state index in [-0.39, 0.29) is 41.6 Å². The van der Waals surface area contributed by atoms with Crippen LogP contribution in [0.25, 0.3) is 0 Å². The minimum atomic E-state index is -3.73. The number of amides is 1. The minimum Gasteiger partial charge on any atom is -0.367 e. The topological polar surface area (TPSA) is 106 Å². The zero-order chi connectivity index (χ0) is 24.1. The molecule has 1 aromatic carbocycles. The highest BCUT2D eigenvalue weighted by atomic mass is 32.2. The number of aromatic nitrogens is 2. The van der Waals surface area contributed by atoms with E-state index in [1.165, 1.54) is 25.2 Å². The van der Waals surface area contributed by atoms with E-state index in [1.54, 1.807) is 28.5 Å². The number of sulfonamides is 1. The molecular formula is C22H25FN4O5S2. The number of hydrogen-bond donors (Lipinski definition) is 0. The molecule has 1 saturated heterocycles. The lowest BCUT2D eigenvalue weighted by molar-refractivity contribution is -0.135. The maximum Gasteiger partial charge on any atom is 0.252 e. The lowest BCUT2D eigenvalue weighted by Crippen LogP contribution is -2.45. The van der Waals surface area contributed by atoms with Gasteiger partial charge in [-0.3, -0.25) is 4.79 Å². The van der Waals surface area contributed by atoms with E-state index in [1.807, 2.05) is 0 Å². The predicted octanol–water partition coefficient (Wildman–Crippen LogP) is 3.36. The number of benzene rings is 1. The molecule has 1 amide bonds. The molecule has 1 aliphatic heterocycles. The summed E-state index contributed by atoms with van der Waals surface area (Å²) in [4.78, 5) is 19.1. The van der Waals surface area contributed by atoms with E-state index in [4.69, 9.17) is 9.26 Å². The Morgan fingerprint density at radius 1 is 1.26 bits per heavy atom. The number of likely N-dealkylation sites (tertiary alicyclic amines) is 1. The molecule has 2 aromatic heterocycles. The van der Waals surface area contributed by atoms with Gasteiger partial charge in [-0.1, -0.05) is 23.4 Å². The molecule has 0 radical (unpaired) electrons. The Morgan fingerprint density at radius 3 is 2.79 bits per heavy atom. The van der Waals surface area contributed by atoms with Crippen LogP contribution in [0.1, 0.15) is 42.6 Å². The number of likely N-dealkylation sites (N-methyl/N-ethyl adjacent to an activating group) is 1. The minimum absolute atomic E-state index is 0.0762. The highest BCUT2D eigenvalue weighted by molar-refractivity contribution is 7.91. The van der Waals surface area contributed by atoms with Crippen LogP contribution in [-0.4, -0.2) is 53.8 Å². The Bertz CT molecular complexity index is 1200. The number of halogens is 1. The molecule has 0 bridgehead atoms. The molecule has 3 heterocycles. The van der Waals surface area contributed by atoms with E-state index >= 15 is 0 Å². The van der Waals surface area contributed by atoms with Crippen LogP contribution < -0.4 is 0 Å². The molecule has 0 saturated carbocycles. The maximum atomic E-state index is 13.1. The molecule has 9 nitrogen and oxygen atoms in total. The predicted molar refractivity (Wildman–Crippen MR) is 122 cm³/mol. The number of ether oxygens (including phenoxy) is 1. The summed E-state index contributed by atoms with van der Waals surface area (Å²) in [5.41, 5.74) is 0.812. The second-order valence-electron chi connectivity index (χ2n) is 7.96. The first-order chi connectivity index (χ1) is 16.3. The fraction of sp³-hybridized carbons (Fsp3) is 0.409.